The van der Waals surface area contributed by atoms with Crippen molar-refractivity contribution in [3.8, 4) is 0 Å². The minimum Gasteiger partial charge on any atom is -0.0623 e. The number of benzene rings is 1. The zero-order chi connectivity index (χ0) is 9.46. The number of hydrogen-bond donors (Lipinski definition) is 0. The first-order chi connectivity index (χ1) is 5.46. The lowest BCUT2D eigenvalue weighted by Gasteiger charge is -1.69. The molecule has 0 N–H and O–H groups in total. The van der Waals surface area contributed by atoms with Crippen LogP contribution in [0.1, 0.15) is 8.22 Å². The van der Waals surface area contributed by atoms with Crippen molar-refractivity contribution in [3.63, 3.8) is 0 Å². The van der Waals surface area contributed by atoms with Crippen LogP contribution in [0.2, 0.25) is 0 Å². The SMILES string of the molecule is [2H]c1c([2H])c([2H])c([2H])c([2H])c1[2H]. The smallest absolute Gasteiger partial charge is 0.0623 e. The van der Waals surface area contributed by atoms with Gasteiger partial charge in [0.05, 0.1) is 8.22 Å². The molecule has 0 aliphatic carbocycles. The van der Waals surface area contributed by atoms with Crippen LogP contribution in [0.5, 0.6) is 0 Å². The summed E-state index contributed by atoms with van der Waals surface area (Å²) in [6.07, 6.45) is 0. The molecule has 0 atom stereocenters. The number of rotatable bonds is 0. The van der Waals surface area contributed by atoms with Crippen LogP contribution in [0.15, 0.2) is 36.3 Å². The lowest BCUT2D eigenvalue weighted by atomic mass is 10.4. The normalized spacial score (nSPS) is 22.0. The Bertz CT molecular complexity index is 226. The lowest BCUT2D eigenvalue weighted by molar-refractivity contribution is 1.72. The third-order valence-corrected chi connectivity index (χ3v) is 0.375. The summed E-state index contributed by atoms with van der Waals surface area (Å²) < 4.78 is 42.7. The van der Waals surface area contributed by atoms with Gasteiger partial charge in [0.1, 0.15) is 0 Å². The molecule has 0 heterocycles. The minimum atomic E-state index is -0.457. The Labute approximate surface area is 45.9 Å². The molecule has 0 aliphatic rings. The summed E-state index contributed by atoms with van der Waals surface area (Å²) in [7, 11) is 0. The van der Waals surface area contributed by atoms with Crippen LogP contribution in [0.4, 0.5) is 0 Å². The molecule has 0 aromatic heterocycles. The quantitative estimate of drug-likeness (QED) is 0.448. The highest BCUT2D eigenvalue weighted by Crippen LogP contribution is 1.79. The maximum Gasteiger partial charge on any atom is 0.0623 e. The monoisotopic (exact) mass is 84.1 g/mol. The van der Waals surface area contributed by atoms with E-state index in [1.54, 1.807) is 0 Å². The lowest BCUT2D eigenvalue weighted by Crippen LogP contribution is -1.47. The molecule has 0 fully saturated rings. The highest BCUT2D eigenvalue weighted by molar-refractivity contribution is 4.99. The first kappa shape index (κ1) is 0.738. The van der Waals surface area contributed by atoms with Crippen LogP contribution >= 0.6 is 0 Å². The van der Waals surface area contributed by atoms with Gasteiger partial charge >= 0.3 is 0 Å². The third kappa shape index (κ3) is 0.582. The van der Waals surface area contributed by atoms with E-state index >= 15 is 0 Å². The molecule has 0 amide bonds. The van der Waals surface area contributed by atoms with E-state index in [2.05, 4.69) is 0 Å². The summed E-state index contributed by atoms with van der Waals surface area (Å²) in [5.74, 6) is 0. The fraction of sp³-hybridized carbons (Fsp3) is 0. The molecule has 30 valence electrons. The second-order valence-corrected chi connectivity index (χ2v) is 0.750. The molecular formula is C6H6. The summed E-state index contributed by atoms with van der Waals surface area (Å²) in [5.41, 5.74) is 0. The van der Waals surface area contributed by atoms with Crippen molar-refractivity contribution < 1.29 is 8.22 Å². The topological polar surface area (TPSA) is 0 Å². The maximum absolute atomic E-state index is 7.12. The Balaban J connectivity index is 3.60. The Morgan fingerprint density at radius 3 is 1.00 bits per heavy atom. The van der Waals surface area contributed by atoms with Gasteiger partial charge in [-0.3, -0.25) is 0 Å². The van der Waals surface area contributed by atoms with E-state index in [-0.39, 0.29) is 0 Å². The van der Waals surface area contributed by atoms with Crippen molar-refractivity contribution >= 4 is 0 Å². The summed E-state index contributed by atoms with van der Waals surface area (Å²) in [6, 6.07) is -2.74. The van der Waals surface area contributed by atoms with E-state index in [1.165, 1.54) is 0 Å². The molecular weight excluding hydrogens is 72.1 g/mol. The van der Waals surface area contributed by atoms with Crippen molar-refractivity contribution in [1.82, 2.24) is 0 Å². The standard InChI is InChI=1S/C6H6/c1-2-4-6-5-3-1/h1-6H/i1D,2D,3D,4D,5D,6D. The summed E-state index contributed by atoms with van der Waals surface area (Å²) in [5, 5.41) is 0. The van der Waals surface area contributed by atoms with Crippen molar-refractivity contribution in [2.45, 2.75) is 0 Å². The highest BCUT2D eigenvalue weighted by atomic mass is 13.6. The van der Waals surface area contributed by atoms with Gasteiger partial charge in [0, 0.05) is 0 Å². The van der Waals surface area contributed by atoms with E-state index in [0.717, 1.165) is 0 Å². The van der Waals surface area contributed by atoms with Gasteiger partial charge in [0.15, 0.2) is 0 Å². The van der Waals surface area contributed by atoms with Crippen LogP contribution in [-0.2, 0) is 0 Å². The highest BCUT2D eigenvalue weighted by Gasteiger charge is 1.57. The van der Waals surface area contributed by atoms with Crippen LogP contribution in [-0.4, -0.2) is 0 Å². The zero-order valence-electron chi connectivity index (χ0n) is 9.00. The van der Waals surface area contributed by atoms with Crippen molar-refractivity contribution in [2.75, 3.05) is 0 Å². The third-order valence-electron chi connectivity index (χ3n) is 0.375. The van der Waals surface area contributed by atoms with E-state index in [0.29, 0.717) is 0 Å². The molecule has 0 saturated heterocycles. The molecule has 0 spiro atoms. The van der Waals surface area contributed by atoms with Gasteiger partial charge in [0.2, 0.25) is 0 Å². The Kier molecular flexibility index (Phi) is 0.198. The molecule has 0 aliphatic heterocycles. The molecule has 0 nitrogen and oxygen atoms in total. The van der Waals surface area contributed by atoms with Gasteiger partial charge in [-0.15, -0.1) is 0 Å². The molecule has 1 rings (SSSR count). The average Bonchev–Trinajstić information content (AvgIpc) is 2.08. The minimum absolute atomic E-state index is 0.457. The van der Waals surface area contributed by atoms with Crippen LogP contribution in [0.25, 0.3) is 0 Å². The molecule has 6 heavy (non-hydrogen) atoms. The van der Waals surface area contributed by atoms with Crippen molar-refractivity contribution in [1.29, 1.82) is 0 Å². The predicted molar refractivity (Wildman–Crippen MR) is 26.4 cm³/mol. The molecule has 1 aromatic rings. The van der Waals surface area contributed by atoms with Crippen LogP contribution in [0, 0.1) is 0 Å². The molecule has 0 unspecified atom stereocenters. The van der Waals surface area contributed by atoms with Crippen molar-refractivity contribution in [2.24, 2.45) is 0 Å². The van der Waals surface area contributed by atoms with E-state index in [1.807, 2.05) is 0 Å². The van der Waals surface area contributed by atoms with Crippen LogP contribution in [0.3, 0.4) is 0 Å². The van der Waals surface area contributed by atoms with E-state index in [9.17, 15) is 0 Å². The largest absolute Gasteiger partial charge is 0.0623 e. The molecule has 1 aromatic carbocycles. The van der Waals surface area contributed by atoms with Gasteiger partial charge in [-0.1, -0.05) is 36.3 Å². The summed E-state index contributed by atoms with van der Waals surface area (Å²) in [6.45, 7) is 0. The fourth-order valence-electron chi connectivity index (χ4n) is 0.188. The van der Waals surface area contributed by atoms with Gasteiger partial charge in [0.25, 0.3) is 0 Å². The second kappa shape index (κ2) is 1.61. The Morgan fingerprint density at radius 1 is 0.667 bits per heavy atom. The van der Waals surface area contributed by atoms with Gasteiger partial charge in [-0.25, -0.2) is 0 Å². The molecule has 0 saturated carbocycles. The predicted octanol–water partition coefficient (Wildman–Crippen LogP) is 1.69. The first-order valence-corrected chi connectivity index (χ1v) is 1.50. The average molecular weight is 84.2 g/mol. The molecule has 0 radical (unpaired) electrons. The van der Waals surface area contributed by atoms with Crippen LogP contribution < -0.4 is 0 Å². The molecule has 0 heteroatoms. The van der Waals surface area contributed by atoms with E-state index < -0.39 is 36.3 Å². The van der Waals surface area contributed by atoms with E-state index in [4.69, 9.17) is 8.22 Å². The summed E-state index contributed by atoms with van der Waals surface area (Å²) in [4.78, 5) is 0. The zero-order valence-corrected chi connectivity index (χ0v) is 3.00. The van der Waals surface area contributed by atoms with Crippen molar-refractivity contribution in [3.05, 3.63) is 36.3 Å². The summed E-state index contributed by atoms with van der Waals surface area (Å²) >= 11 is 0. The maximum atomic E-state index is 7.12. The number of hydrogen-bond acceptors (Lipinski definition) is 0. The van der Waals surface area contributed by atoms with Gasteiger partial charge < -0.3 is 0 Å². The Hall–Kier alpha value is -0.780. The van der Waals surface area contributed by atoms with Gasteiger partial charge in [-0.2, -0.15) is 0 Å². The second-order valence-electron chi connectivity index (χ2n) is 0.750. The van der Waals surface area contributed by atoms with Gasteiger partial charge in [-0.05, 0) is 0 Å². The fourth-order valence-corrected chi connectivity index (χ4v) is 0.188. The molecule has 0 bridgehead atoms. The first-order valence-electron chi connectivity index (χ1n) is 4.50. The Morgan fingerprint density at radius 2 is 0.833 bits per heavy atom.